The number of hydrogen-bond acceptors (Lipinski definition) is 3. The first-order chi connectivity index (χ1) is 6.15. The summed E-state index contributed by atoms with van der Waals surface area (Å²) in [5, 5.41) is 18.6. The van der Waals surface area contributed by atoms with E-state index in [1.54, 1.807) is 0 Å². The van der Waals surface area contributed by atoms with E-state index >= 15 is 0 Å². The summed E-state index contributed by atoms with van der Waals surface area (Å²) in [6, 6.07) is 2.55. The SMILES string of the molecule is O=c1cc[nH]c(C(O)C(O)CCl)c1. The smallest absolute Gasteiger partial charge is 0.181 e. The molecule has 1 aromatic heterocycles. The summed E-state index contributed by atoms with van der Waals surface area (Å²) >= 11 is 5.33. The second-order valence-electron chi connectivity index (χ2n) is 2.65. The van der Waals surface area contributed by atoms with Gasteiger partial charge in [-0.15, -0.1) is 11.6 Å². The number of rotatable bonds is 3. The highest BCUT2D eigenvalue weighted by Gasteiger charge is 2.17. The first-order valence-corrected chi connectivity index (χ1v) is 4.29. The highest BCUT2D eigenvalue weighted by Crippen LogP contribution is 2.13. The number of hydrogen-bond donors (Lipinski definition) is 3. The van der Waals surface area contributed by atoms with E-state index in [9.17, 15) is 9.90 Å². The molecule has 72 valence electrons. The van der Waals surface area contributed by atoms with Crippen molar-refractivity contribution in [1.82, 2.24) is 4.98 Å². The molecule has 4 nitrogen and oxygen atoms in total. The zero-order valence-electron chi connectivity index (χ0n) is 6.77. The van der Waals surface area contributed by atoms with Crippen LogP contribution < -0.4 is 5.43 Å². The number of aromatic amines is 1. The summed E-state index contributed by atoms with van der Waals surface area (Å²) in [7, 11) is 0. The van der Waals surface area contributed by atoms with E-state index in [4.69, 9.17) is 16.7 Å². The Bertz CT molecular complexity index is 325. The average molecular weight is 204 g/mol. The fourth-order valence-corrected chi connectivity index (χ4v) is 1.09. The summed E-state index contributed by atoms with van der Waals surface area (Å²) in [4.78, 5) is 13.5. The number of alkyl halides is 1. The molecule has 13 heavy (non-hydrogen) atoms. The Hall–Kier alpha value is -0.840. The van der Waals surface area contributed by atoms with Gasteiger partial charge in [-0.25, -0.2) is 0 Å². The molecule has 0 saturated carbocycles. The number of nitrogens with one attached hydrogen (secondary N) is 1. The van der Waals surface area contributed by atoms with Crippen molar-refractivity contribution in [3.63, 3.8) is 0 Å². The van der Waals surface area contributed by atoms with Crippen LogP contribution in [0.4, 0.5) is 0 Å². The maximum atomic E-state index is 10.9. The summed E-state index contributed by atoms with van der Waals surface area (Å²) in [5.41, 5.74) is 0.0372. The standard InChI is InChI=1S/C8H10ClNO3/c9-4-7(12)8(13)6-3-5(11)1-2-10-6/h1-3,7-8,12-13H,4H2,(H,10,11). The van der Waals surface area contributed by atoms with E-state index in [0.29, 0.717) is 0 Å². The predicted molar refractivity (Wildman–Crippen MR) is 48.7 cm³/mol. The Labute approximate surface area is 79.8 Å². The van der Waals surface area contributed by atoms with Gasteiger partial charge in [0.1, 0.15) is 6.10 Å². The van der Waals surface area contributed by atoms with E-state index < -0.39 is 12.2 Å². The van der Waals surface area contributed by atoms with Crippen molar-refractivity contribution in [2.75, 3.05) is 5.88 Å². The highest BCUT2D eigenvalue weighted by molar-refractivity contribution is 6.18. The Balaban J connectivity index is 2.88. The lowest BCUT2D eigenvalue weighted by molar-refractivity contribution is 0.0299. The summed E-state index contributed by atoms with van der Waals surface area (Å²) in [6.07, 6.45) is -0.812. The van der Waals surface area contributed by atoms with E-state index in [0.717, 1.165) is 0 Å². The quantitative estimate of drug-likeness (QED) is 0.606. The Morgan fingerprint density at radius 1 is 1.54 bits per heavy atom. The Morgan fingerprint density at radius 3 is 2.77 bits per heavy atom. The van der Waals surface area contributed by atoms with Gasteiger partial charge in [-0.05, 0) is 0 Å². The van der Waals surface area contributed by atoms with Gasteiger partial charge in [0, 0.05) is 18.3 Å². The lowest BCUT2D eigenvalue weighted by Gasteiger charge is -2.14. The zero-order chi connectivity index (χ0) is 9.84. The van der Waals surface area contributed by atoms with Crippen LogP contribution in [0.3, 0.4) is 0 Å². The molecular formula is C8H10ClNO3. The van der Waals surface area contributed by atoms with Crippen LogP contribution in [-0.2, 0) is 0 Å². The molecule has 2 unspecified atom stereocenters. The molecule has 0 fully saturated rings. The summed E-state index contributed by atoms with van der Waals surface area (Å²) in [6.45, 7) is 0. The van der Waals surface area contributed by atoms with Crippen molar-refractivity contribution < 1.29 is 10.2 Å². The van der Waals surface area contributed by atoms with Gasteiger partial charge < -0.3 is 15.2 Å². The minimum Gasteiger partial charge on any atom is -0.389 e. The van der Waals surface area contributed by atoms with Crippen molar-refractivity contribution in [3.8, 4) is 0 Å². The zero-order valence-corrected chi connectivity index (χ0v) is 7.53. The minimum absolute atomic E-state index is 0.0852. The van der Waals surface area contributed by atoms with Gasteiger partial charge in [-0.2, -0.15) is 0 Å². The van der Waals surface area contributed by atoms with Crippen LogP contribution in [0.25, 0.3) is 0 Å². The largest absolute Gasteiger partial charge is 0.389 e. The third-order valence-corrected chi connectivity index (χ3v) is 1.95. The number of halogens is 1. The number of aliphatic hydroxyl groups excluding tert-OH is 2. The van der Waals surface area contributed by atoms with Crippen LogP contribution in [0.5, 0.6) is 0 Å². The van der Waals surface area contributed by atoms with Gasteiger partial charge in [0.15, 0.2) is 5.43 Å². The van der Waals surface area contributed by atoms with Gasteiger partial charge >= 0.3 is 0 Å². The molecule has 0 saturated heterocycles. The normalized spacial score (nSPS) is 15.3. The van der Waals surface area contributed by atoms with Crippen LogP contribution in [-0.4, -0.2) is 27.2 Å². The predicted octanol–water partition coefficient (Wildman–Crippen LogP) is 0.00800. The fourth-order valence-electron chi connectivity index (χ4n) is 0.925. The van der Waals surface area contributed by atoms with Crippen LogP contribution in [0.2, 0.25) is 0 Å². The van der Waals surface area contributed by atoms with Crippen molar-refractivity contribution in [1.29, 1.82) is 0 Å². The Kier molecular flexibility index (Phi) is 3.48. The van der Waals surface area contributed by atoms with Gasteiger partial charge in [-0.3, -0.25) is 4.79 Å². The molecule has 0 aliphatic carbocycles. The van der Waals surface area contributed by atoms with Crippen molar-refractivity contribution in [2.45, 2.75) is 12.2 Å². The van der Waals surface area contributed by atoms with Crippen molar-refractivity contribution in [2.24, 2.45) is 0 Å². The molecule has 0 amide bonds. The number of pyridine rings is 1. The van der Waals surface area contributed by atoms with Crippen molar-refractivity contribution >= 4 is 11.6 Å². The average Bonchev–Trinajstić information content (AvgIpc) is 2.15. The lowest BCUT2D eigenvalue weighted by Crippen LogP contribution is -2.21. The molecule has 1 aromatic rings. The van der Waals surface area contributed by atoms with Crippen LogP contribution in [0.1, 0.15) is 11.8 Å². The lowest BCUT2D eigenvalue weighted by atomic mass is 10.1. The molecular weight excluding hydrogens is 194 g/mol. The molecule has 0 bridgehead atoms. The highest BCUT2D eigenvalue weighted by atomic mass is 35.5. The second-order valence-corrected chi connectivity index (χ2v) is 2.95. The Morgan fingerprint density at radius 2 is 2.23 bits per heavy atom. The van der Waals surface area contributed by atoms with Gasteiger partial charge in [0.05, 0.1) is 17.7 Å². The molecule has 3 N–H and O–H groups in total. The van der Waals surface area contributed by atoms with Gasteiger partial charge in [0.25, 0.3) is 0 Å². The molecule has 0 aliphatic heterocycles. The monoisotopic (exact) mass is 203 g/mol. The fraction of sp³-hybridized carbons (Fsp3) is 0.375. The molecule has 5 heteroatoms. The first kappa shape index (κ1) is 10.2. The summed E-state index contributed by atoms with van der Waals surface area (Å²) in [5.74, 6) is -0.0852. The number of H-pyrrole nitrogens is 1. The molecule has 1 rings (SSSR count). The minimum atomic E-state index is -1.15. The second kappa shape index (κ2) is 4.41. The van der Waals surface area contributed by atoms with Crippen LogP contribution in [0, 0.1) is 0 Å². The molecule has 2 atom stereocenters. The summed E-state index contributed by atoms with van der Waals surface area (Å²) < 4.78 is 0. The maximum Gasteiger partial charge on any atom is 0.181 e. The topological polar surface area (TPSA) is 73.3 Å². The van der Waals surface area contributed by atoms with E-state index in [-0.39, 0.29) is 17.0 Å². The molecule has 0 aliphatic rings. The van der Waals surface area contributed by atoms with Crippen molar-refractivity contribution in [3.05, 3.63) is 34.2 Å². The van der Waals surface area contributed by atoms with Gasteiger partial charge in [0.2, 0.25) is 0 Å². The van der Waals surface area contributed by atoms with Gasteiger partial charge in [-0.1, -0.05) is 0 Å². The maximum absolute atomic E-state index is 10.9. The van der Waals surface area contributed by atoms with Crippen LogP contribution in [0.15, 0.2) is 23.1 Å². The number of aromatic nitrogens is 1. The van der Waals surface area contributed by atoms with E-state index in [2.05, 4.69) is 4.98 Å². The molecule has 0 radical (unpaired) electrons. The number of aliphatic hydroxyl groups is 2. The van der Waals surface area contributed by atoms with E-state index in [1.807, 2.05) is 0 Å². The molecule has 0 spiro atoms. The first-order valence-electron chi connectivity index (χ1n) is 3.76. The van der Waals surface area contributed by atoms with Crippen LogP contribution >= 0.6 is 11.6 Å². The third kappa shape index (κ3) is 2.55. The molecule has 0 aromatic carbocycles. The molecule has 1 heterocycles. The van der Waals surface area contributed by atoms with E-state index in [1.165, 1.54) is 18.3 Å². The third-order valence-electron chi connectivity index (χ3n) is 1.64.